The second-order valence-corrected chi connectivity index (χ2v) is 5.82. The summed E-state index contributed by atoms with van der Waals surface area (Å²) in [4.78, 5) is 14.1. The van der Waals surface area contributed by atoms with E-state index in [4.69, 9.17) is 11.0 Å². The zero-order chi connectivity index (χ0) is 13.9. The molecule has 5 nitrogen and oxygen atoms in total. The van der Waals surface area contributed by atoms with Crippen molar-refractivity contribution in [2.24, 2.45) is 11.7 Å². The first-order valence-electron chi connectivity index (χ1n) is 7.31. The Kier molecular flexibility index (Phi) is 4.43. The molecular weight excluding hydrogens is 240 g/mol. The lowest BCUT2D eigenvalue weighted by atomic mass is 9.90. The minimum Gasteiger partial charge on any atom is -0.354 e. The van der Waals surface area contributed by atoms with Crippen LogP contribution in [-0.4, -0.2) is 42.0 Å². The minimum atomic E-state index is -0.682. The Morgan fingerprint density at radius 1 is 1.63 bits per heavy atom. The van der Waals surface area contributed by atoms with Gasteiger partial charge in [0.2, 0.25) is 5.91 Å². The highest BCUT2D eigenvalue weighted by Gasteiger charge is 2.40. The third-order valence-electron chi connectivity index (χ3n) is 4.64. The lowest BCUT2D eigenvalue weighted by molar-refractivity contribution is -0.124. The van der Waals surface area contributed by atoms with Gasteiger partial charge in [-0.3, -0.25) is 9.69 Å². The lowest BCUT2D eigenvalue weighted by Crippen LogP contribution is -2.46. The molecule has 0 aromatic heterocycles. The van der Waals surface area contributed by atoms with E-state index in [-0.39, 0.29) is 11.8 Å². The van der Waals surface area contributed by atoms with Crippen LogP contribution in [-0.2, 0) is 4.79 Å². The zero-order valence-electron chi connectivity index (χ0n) is 11.7. The molecule has 0 spiro atoms. The summed E-state index contributed by atoms with van der Waals surface area (Å²) >= 11 is 0. The number of amides is 1. The first-order chi connectivity index (χ1) is 9.09. The van der Waals surface area contributed by atoms with E-state index in [0.717, 1.165) is 45.3 Å². The second kappa shape index (κ2) is 5.89. The number of hydrogen-bond donors (Lipinski definition) is 2. The summed E-state index contributed by atoms with van der Waals surface area (Å²) in [7, 11) is 0. The van der Waals surface area contributed by atoms with Gasteiger partial charge in [0, 0.05) is 12.6 Å². The van der Waals surface area contributed by atoms with E-state index in [0.29, 0.717) is 12.5 Å². The Balaban J connectivity index is 1.83. The SMILES string of the molecule is CCC(N)(C#N)CCCN1CCCC2C(=O)NCC21. The van der Waals surface area contributed by atoms with Crippen LogP contribution in [0.15, 0.2) is 0 Å². The van der Waals surface area contributed by atoms with Crippen molar-refractivity contribution in [2.45, 2.75) is 50.6 Å². The fourth-order valence-corrected chi connectivity index (χ4v) is 3.23. The highest BCUT2D eigenvalue weighted by molar-refractivity contribution is 5.82. The van der Waals surface area contributed by atoms with E-state index < -0.39 is 5.54 Å². The standard InChI is InChI=1S/C14H24N4O/c1-2-14(16,10-15)6-4-8-18-7-3-5-11-12(18)9-17-13(11)19/h11-12H,2-9,16H2,1H3,(H,17,19). The van der Waals surface area contributed by atoms with Crippen molar-refractivity contribution < 1.29 is 4.79 Å². The van der Waals surface area contributed by atoms with Crippen molar-refractivity contribution in [1.82, 2.24) is 10.2 Å². The number of likely N-dealkylation sites (tertiary alicyclic amines) is 1. The van der Waals surface area contributed by atoms with Gasteiger partial charge in [-0.25, -0.2) is 0 Å². The van der Waals surface area contributed by atoms with Gasteiger partial charge in [0.15, 0.2) is 0 Å². The van der Waals surface area contributed by atoms with Gasteiger partial charge in [-0.15, -0.1) is 0 Å². The van der Waals surface area contributed by atoms with E-state index in [1.54, 1.807) is 0 Å². The largest absolute Gasteiger partial charge is 0.354 e. The summed E-state index contributed by atoms with van der Waals surface area (Å²) in [6.45, 7) is 4.74. The molecule has 0 aromatic rings. The Morgan fingerprint density at radius 2 is 2.42 bits per heavy atom. The van der Waals surface area contributed by atoms with Gasteiger partial charge >= 0.3 is 0 Å². The molecule has 3 atom stereocenters. The molecule has 0 bridgehead atoms. The molecule has 2 aliphatic heterocycles. The summed E-state index contributed by atoms with van der Waals surface area (Å²) in [5, 5.41) is 12.0. The summed E-state index contributed by atoms with van der Waals surface area (Å²) in [6.07, 6.45) is 4.45. The van der Waals surface area contributed by atoms with Crippen LogP contribution in [0.4, 0.5) is 0 Å². The summed E-state index contributed by atoms with van der Waals surface area (Å²) in [5.41, 5.74) is 5.31. The van der Waals surface area contributed by atoms with Gasteiger partial charge < -0.3 is 11.1 Å². The molecule has 2 saturated heterocycles. The maximum Gasteiger partial charge on any atom is 0.224 e. The fraction of sp³-hybridized carbons (Fsp3) is 0.857. The van der Waals surface area contributed by atoms with Crippen molar-refractivity contribution in [1.29, 1.82) is 5.26 Å². The number of hydrogen-bond acceptors (Lipinski definition) is 4. The monoisotopic (exact) mass is 264 g/mol. The van der Waals surface area contributed by atoms with Crippen LogP contribution in [0.3, 0.4) is 0 Å². The van der Waals surface area contributed by atoms with Crippen LogP contribution in [0.5, 0.6) is 0 Å². The first kappa shape index (κ1) is 14.3. The topological polar surface area (TPSA) is 82.2 Å². The Bertz CT molecular complexity index is 378. The van der Waals surface area contributed by atoms with Crippen LogP contribution in [0, 0.1) is 17.2 Å². The van der Waals surface area contributed by atoms with Crippen LogP contribution in [0.2, 0.25) is 0 Å². The van der Waals surface area contributed by atoms with Gasteiger partial charge in [-0.2, -0.15) is 5.26 Å². The van der Waals surface area contributed by atoms with Crippen molar-refractivity contribution in [2.75, 3.05) is 19.6 Å². The van der Waals surface area contributed by atoms with Crippen LogP contribution < -0.4 is 11.1 Å². The van der Waals surface area contributed by atoms with Crippen molar-refractivity contribution >= 4 is 5.91 Å². The number of carbonyl (C=O) groups is 1. The second-order valence-electron chi connectivity index (χ2n) is 5.82. The molecule has 0 radical (unpaired) electrons. The van der Waals surface area contributed by atoms with Gasteiger partial charge in [-0.1, -0.05) is 6.92 Å². The lowest BCUT2D eigenvalue weighted by Gasteiger charge is -2.36. The quantitative estimate of drug-likeness (QED) is 0.762. The average molecular weight is 264 g/mol. The molecule has 0 aliphatic carbocycles. The molecule has 3 N–H and O–H groups in total. The fourth-order valence-electron chi connectivity index (χ4n) is 3.23. The molecule has 2 fully saturated rings. The molecule has 0 aromatic carbocycles. The Morgan fingerprint density at radius 3 is 3.11 bits per heavy atom. The number of nitrogens with one attached hydrogen (secondary N) is 1. The Hall–Kier alpha value is -1.12. The van der Waals surface area contributed by atoms with Crippen molar-refractivity contribution in [3.05, 3.63) is 0 Å². The third kappa shape index (κ3) is 3.07. The predicted octanol–water partition coefficient (Wildman–Crippen LogP) is 0.608. The molecular formula is C14H24N4O. The predicted molar refractivity (Wildman–Crippen MR) is 73.2 cm³/mol. The summed E-state index contributed by atoms with van der Waals surface area (Å²) < 4.78 is 0. The Labute approximate surface area is 115 Å². The molecule has 2 rings (SSSR count). The van der Waals surface area contributed by atoms with Gasteiger partial charge in [0.1, 0.15) is 5.54 Å². The van der Waals surface area contributed by atoms with Gasteiger partial charge in [0.05, 0.1) is 12.0 Å². The van der Waals surface area contributed by atoms with E-state index in [1.807, 2.05) is 6.92 Å². The van der Waals surface area contributed by atoms with Gasteiger partial charge in [-0.05, 0) is 45.2 Å². The highest BCUT2D eigenvalue weighted by Crippen LogP contribution is 2.27. The average Bonchev–Trinajstić information content (AvgIpc) is 2.81. The molecule has 2 aliphatic rings. The number of piperidine rings is 1. The summed E-state index contributed by atoms with van der Waals surface area (Å²) in [5.74, 6) is 0.395. The normalized spacial score (nSPS) is 30.3. The molecule has 5 heteroatoms. The summed E-state index contributed by atoms with van der Waals surface area (Å²) in [6, 6.07) is 2.57. The molecule has 0 saturated carbocycles. The minimum absolute atomic E-state index is 0.179. The van der Waals surface area contributed by atoms with E-state index >= 15 is 0 Å². The van der Waals surface area contributed by atoms with Crippen LogP contribution >= 0.6 is 0 Å². The number of fused-ring (bicyclic) bond motifs is 1. The van der Waals surface area contributed by atoms with Crippen LogP contribution in [0.25, 0.3) is 0 Å². The number of rotatable bonds is 5. The van der Waals surface area contributed by atoms with E-state index in [1.165, 1.54) is 0 Å². The molecule has 3 unspecified atom stereocenters. The van der Waals surface area contributed by atoms with Crippen molar-refractivity contribution in [3.8, 4) is 6.07 Å². The number of nitriles is 1. The number of nitrogens with two attached hydrogens (primary N) is 1. The number of carbonyl (C=O) groups excluding carboxylic acids is 1. The molecule has 2 heterocycles. The zero-order valence-corrected chi connectivity index (χ0v) is 11.7. The first-order valence-corrected chi connectivity index (χ1v) is 7.31. The molecule has 106 valence electrons. The van der Waals surface area contributed by atoms with Gasteiger partial charge in [0.25, 0.3) is 0 Å². The van der Waals surface area contributed by atoms with Crippen LogP contribution in [0.1, 0.15) is 39.0 Å². The number of nitrogens with zero attached hydrogens (tertiary/aromatic N) is 2. The maximum absolute atomic E-state index is 11.7. The maximum atomic E-state index is 11.7. The smallest absolute Gasteiger partial charge is 0.224 e. The van der Waals surface area contributed by atoms with E-state index in [2.05, 4.69) is 16.3 Å². The van der Waals surface area contributed by atoms with Crippen molar-refractivity contribution in [3.63, 3.8) is 0 Å². The molecule has 1 amide bonds. The highest BCUT2D eigenvalue weighted by atomic mass is 16.2. The van der Waals surface area contributed by atoms with E-state index in [9.17, 15) is 4.79 Å². The third-order valence-corrected chi connectivity index (χ3v) is 4.64. The molecule has 19 heavy (non-hydrogen) atoms.